The standard InChI is InChI=1S/C7H14O6/c8-1-3-5(10)7(12)6(11)4(2-9)13-3/h3-12H,1-2H2/t3-,4?,5+,6+,7?/m0/s1. The van der Waals surface area contributed by atoms with Crippen LogP contribution in [0.1, 0.15) is 0 Å². The number of aliphatic hydroxyl groups is 5. The van der Waals surface area contributed by atoms with Gasteiger partial charge < -0.3 is 30.3 Å². The molecule has 1 rings (SSSR count). The molecular weight excluding hydrogens is 180 g/mol. The summed E-state index contributed by atoms with van der Waals surface area (Å²) in [5.74, 6) is 0. The Balaban J connectivity index is 2.66. The summed E-state index contributed by atoms with van der Waals surface area (Å²) >= 11 is 0. The van der Waals surface area contributed by atoms with Crippen LogP contribution in [0, 0.1) is 0 Å². The summed E-state index contributed by atoms with van der Waals surface area (Å²) in [6.07, 6.45) is -5.99. The Morgan fingerprint density at radius 1 is 0.769 bits per heavy atom. The van der Waals surface area contributed by atoms with Crippen LogP contribution in [0.5, 0.6) is 0 Å². The molecule has 78 valence electrons. The third-order valence-electron chi connectivity index (χ3n) is 2.17. The molecule has 13 heavy (non-hydrogen) atoms. The zero-order chi connectivity index (χ0) is 10.0. The fraction of sp³-hybridized carbons (Fsp3) is 1.00. The molecule has 5 atom stereocenters. The summed E-state index contributed by atoms with van der Waals surface area (Å²) in [6.45, 7) is -0.942. The van der Waals surface area contributed by atoms with Gasteiger partial charge in [-0.25, -0.2) is 0 Å². The third kappa shape index (κ3) is 1.98. The molecule has 1 heterocycles. The summed E-state index contributed by atoms with van der Waals surface area (Å²) < 4.78 is 4.92. The molecular formula is C7H14O6. The van der Waals surface area contributed by atoms with Crippen molar-refractivity contribution in [3.63, 3.8) is 0 Å². The predicted molar refractivity (Wildman–Crippen MR) is 40.9 cm³/mol. The van der Waals surface area contributed by atoms with Crippen LogP contribution in [-0.2, 0) is 4.74 Å². The van der Waals surface area contributed by atoms with Gasteiger partial charge >= 0.3 is 0 Å². The van der Waals surface area contributed by atoms with Gasteiger partial charge in [-0.05, 0) is 0 Å². The van der Waals surface area contributed by atoms with Crippen LogP contribution in [0.4, 0.5) is 0 Å². The molecule has 1 fully saturated rings. The first-order valence-electron chi connectivity index (χ1n) is 4.03. The van der Waals surface area contributed by atoms with Crippen LogP contribution in [0.2, 0.25) is 0 Å². The molecule has 0 aromatic carbocycles. The molecule has 1 saturated heterocycles. The minimum absolute atomic E-state index is 0.471. The van der Waals surface area contributed by atoms with Crippen molar-refractivity contribution in [3.8, 4) is 0 Å². The number of hydrogen-bond donors (Lipinski definition) is 5. The van der Waals surface area contributed by atoms with Crippen molar-refractivity contribution in [2.45, 2.75) is 30.5 Å². The Bertz CT molecular complexity index is 143. The van der Waals surface area contributed by atoms with E-state index in [0.29, 0.717) is 0 Å². The van der Waals surface area contributed by atoms with E-state index in [1.807, 2.05) is 0 Å². The molecule has 0 bridgehead atoms. The molecule has 0 aliphatic carbocycles. The second-order valence-corrected chi connectivity index (χ2v) is 3.05. The van der Waals surface area contributed by atoms with Crippen molar-refractivity contribution in [1.82, 2.24) is 0 Å². The van der Waals surface area contributed by atoms with Crippen LogP contribution in [0.25, 0.3) is 0 Å². The SMILES string of the molecule is OCC1O[C@@H](CO)[C@@H](O)C(O)[C@@H]1O. The monoisotopic (exact) mass is 194 g/mol. The minimum Gasteiger partial charge on any atom is -0.394 e. The molecule has 0 amide bonds. The fourth-order valence-electron chi connectivity index (χ4n) is 1.33. The lowest BCUT2D eigenvalue weighted by molar-refractivity contribution is -0.235. The average Bonchev–Trinajstić information content (AvgIpc) is 2.15. The van der Waals surface area contributed by atoms with Crippen LogP contribution in [0.15, 0.2) is 0 Å². The molecule has 0 aromatic rings. The summed E-state index contributed by atoms with van der Waals surface area (Å²) in [6, 6.07) is 0. The molecule has 6 heteroatoms. The van der Waals surface area contributed by atoms with Crippen molar-refractivity contribution in [3.05, 3.63) is 0 Å². The van der Waals surface area contributed by atoms with Gasteiger partial charge in [0.15, 0.2) is 0 Å². The van der Waals surface area contributed by atoms with Crippen LogP contribution < -0.4 is 0 Å². The number of hydrogen-bond acceptors (Lipinski definition) is 6. The Labute approximate surface area is 75.0 Å². The Morgan fingerprint density at radius 3 is 1.46 bits per heavy atom. The lowest BCUT2D eigenvalue weighted by Crippen LogP contribution is -2.59. The van der Waals surface area contributed by atoms with E-state index >= 15 is 0 Å². The van der Waals surface area contributed by atoms with E-state index in [0.717, 1.165) is 0 Å². The van der Waals surface area contributed by atoms with Gasteiger partial charge in [-0.15, -0.1) is 0 Å². The van der Waals surface area contributed by atoms with Gasteiger partial charge in [0.2, 0.25) is 0 Å². The maximum atomic E-state index is 9.25. The van der Waals surface area contributed by atoms with Crippen molar-refractivity contribution in [2.75, 3.05) is 13.2 Å². The zero-order valence-electron chi connectivity index (χ0n) is 6.95. The van der Waals surface area contributed by atoms with Crippen LogP contribution in [-0.4, -0.2) is 69.3 Å². The highest BCUT2D eigenvalue weighted by Gasteiger charge is 2.42. The Hall–Kier alpha value is -0.240. The van der Waals surface area contributed by atoms with Gasteiger partial charge in [0.1, 0.15) is 30.5 Å². The molecule has 0 aromatic heterocycles. The molecule has 1 aliphatic rings. The quantitative estimate of drug-likeness (QED) is 0.317. The van der Waals surface area contributed by atoms with E-state index in [9.17, 15) is 15.3 Å². The van der Waals surface area contributed by atoms with Crippen molar-refractivity contribution < 1.29 is 30.3 Å². The van der Waals surface area contributed by atoms with Gasteiger partial charge in [-0.3, -0.25) is 0 Å². The maximum Gasteiger partial charge on any atom is 0.111 e. The minimum atomic E-state index is -1.40. The van der Waals surface area contributed by atoms with Gasteiger partial charge in [-0.1, -0.05) is 0 Å². The molecule has 6 nitrogen and oxygen atoms in total. The summed E-state index contributed by atoms with van der Waals surface area (Å²) in [5.41, 5.74) is 0. The molecule has 0 radical (unpaired) electrons. The highest BCUT2D eigenvalue weighted by molar-refractivity contribution is 4.91. The van der Waals surface area contributed by atoms with E-state index in [4.69, 9.17) is 14.9 Å². The first-order valence-corrected chi connectivity index (χ1v) is 4.03. The molecule has 5 N–H and O–H groups in total. The maximum absolute atomic E-state index is 9.25. The second kappa shape index (κ2) is 4.32. The summed E-state index contributed by atoms with van der Waals surface area (Å²) in [5, 5.41) is 45.2. The topological polar surface area (TPSA) is 110 Å². The average molecular weight is 194 g/mol. The highest BCUT2D eigenvalue weighted by Crippen LogP contribution is 2.20. The smallest absolute Gasteiger partial charge is 0.111 e. The molecule has 1 aliphatic heterocycles. The van der Waals surface area contributed by atoms with Crippen LogP contribution in [0.3, 0.4) is 0 Å². The van der Waals surface area contributed by atoms with E-state index < -0.39 is 43.7 Å². The number of aliphatic hydroxyl groups excluding tert-OH is 5. The number of ether oxygens (including phenoxy) is 1. The summed E-state index contributed by atoms with van der Waals surface area (Å²) in [7, 11) is 0. The lowest BCUT2D eigenvalue weighted by Gasteiger charge is -2.39. The largest absolute Gasteiger partial charge is 0.394 e. The van der Waals surface area contributed by atoms with E-state index in [2.05, 4.69) is 0 Å². The number of rotatable bonds is 2. The summed E-state index contributed by atoms with van der Waals surface area (Å²) in [4.78, 5) is 0. The highest BCUT2D eigenvalue weighted by atomic mass is 16.6. The van der Waals surface area contributed by atoms with E-state index in [1.54, 1.807) is 0 Å². The molecule has 2 unspecified atom stereocenters. The van der Waals surface area contributed by atoms with Crippen molar-refractivity contribution >= 4 is 0 Å². The normalized spacial score (nSPS) is 46.4. The van der Waals surface area contributed by atoms with Gasteiger partial charge in [0.25, 0.3) is 0 Å². The first-order chi connectivity index (χ1) is 6.11. The van der Waals surface area contributed by atoms with E-state index in [1.165, 1.54) is 0 Å². The Morgan fingerprint density at radius 2 is 1.15 bits per heavy atom. The van der Waals surface area contributed by atoms with Gasteiger partial charge in [0.05, 0.1) is 13.2 Å². The van der Waals surface area contributed by atoms with E-state index in [-0.39, 0.29) is 0 Å². The van der Waals surface area contributed by atoms with Gasteiger partial charge in [-0.2, -0.15) is 0 Å². The zero-order valence-corrected chi connectivity index (χ0v) is 6.95. The predicted octanol–water partition coefficient (Wildman–Crippen LogP) is -3.18. The fourth-order valence-corrected chi connectivity index (χ4v) is 1.33. The second-order valence-electron chi connectivity index (χ2n) is 3.05. The third-order valence-corrected chi connectivity index (χ3v) is 2.17. The molecule has 0 spiro atoms. The lowest BCUT2D eigenvalue weighted by atomic mass is 9.95. The Kier molecular flexibility index (Phi) is 3.60. The van der Waals surface area contributed by atoms with Crippen molar-refractivity contribution in [1.29, 1.82) is 0 Å². The van der Waals surface area contributed by atoms with Crippen LogP contribution >= 0.6 is 0 Å². The van der Waals surface area contributed by atoms with Gasteiger partial charge in [0, 0.05) is 0 Å². The molecule has 0 saturated carbocycles. The first kappa shape index (κ1) is 10.8. The van der Waals surface area contributed by atoms with Crippen molar-refractivity contribution in [2.24, 2.45) is 0 Å².